The van der Waals surface area contributed by atoms with Gasteiger partial charge < -0.3 is 25.1 Å². The number of aliphatic hydroxyl groups excluding tert-OH is 1. The summed E-state index contributed by atoms with van der Waals surface area (Å²) in [4.78, 5) is 0. The zero-order chi connectivity index (χ0) is 14.9. The Labute approximate surface area is 119 Å². The Morgan fingerprint density at radius 3 is 2.50 bits per heavy atom. The molecule has 1 aromatic carbocycles. The lowest BCUT2D eigenvalue weighted by atomic mass is 9.86. The molecule has 0 saturated heterocycles. The standard InChI is InChI=1S/C15H23NO4/c1-5-18-10-8-7-9-11(17)14(16)15(3,4)20-12(9)13(10)19-6-2/h7-8,11,14,17H,5-6,16H2,1-4H3. The molecule has 5 heteroatoms. The van der Waals surface area contributed by atoms with Crippen molar-refractivity contribution in [3.8, 4) is 17.2 Å². The van der Waals surface area contributed by atoms with Gasteiger partial charge in [0.1, 0.15) is 11.7 Å². The van der Waals surface area contributed by atoms with Crippen LogP contribution in [0.5, 0.6) is 17.2 Å². The minimum atomic E-state index is -0.788. The molecule has 0 aromatic heterocycles. The minimum Gasteiger partial charge on any atom is -0.490 e. The summed E-state index contributed by atoms with van der Waals surface area (Å²) < 4.78 is 17.2. The van der Waals surface area contributed by atoms with Gasteiger partial charge >= 0.3 is 0 Å². The van der Waals surface area contributed by atoms with Gasteiger partial charge in [-0.2, -0.15) is 0 Å². The van der Waals surface area contributed by atoms with Gasteiger partial charge in [0.25, 0.3) is 0 Å². The summed E-state index contributed by atoms with van der Waals surface area (Å²) >= 11 is 0. The van der Waals surface area contributed by atoms with Crippen molar-refractivity contribution in [2.45, 2.75) is 45.4 Å². The number of hydrogen-bond acceptors (Lipinski definition) is 5. The molecule has 2 rings (SSSR count). The molecule has 2 atom stereocenters. The van der Waals surface area contributed by atoms with Crippen molar-refractivity contribution < 1.29 is 19.3 Å². The second kappa shape index (κ2) is 5.50. The van der Waals surface area contributed by atoms with Crippen molar-refractivity contribution >= 4 is 0 Å². The lowest BCUT2D eigenvalue weighted by Gasteiger charge is -2.41. The van der Waals surface area contributed by atoms with E-state index in [0.717, 1.165) is 0 Å². The first-order valence-electron chi connectivity index (χ1n) is 6.97. The molecule has 2 unspecified atom stereocenters. The van der Waals surface area contributed by atoms with E-state index in [1.165, 1.54) is 0 Å². The van der Waals surface area contributed by atoms with Crippen LogP contribution in [-0.4, -0.2) is 30.0 Å². The van der Waals surface area contributed by atoms with Crippen LogP contribution in [0.3, 0.4) is 0 Å². The van der Waals surface area contributed by atoms with E-state index < -0.39 is 17.7 Å². The van der Waals surface area contributed by atoms with Gasteiger partial charge in [0.15, 0.2) is 11.5 Å². The third-order valence-electron chi connectivity index (χ3n) is 3.52. The molecule has 1 aromatic rings. The van der Waals surface area contributed by atoms with E-state index in [1.807, 2.05) is 27.7 Å². The molecule has 3 N–H and O–H groups in total. The third kappa shape index (κ3) is 2.43. The molecule has 0 spiro atoms. The lowest BCUT2D eigenvalue weighted by molar-refractivity contribution is -0.0143. The quantitative estimate of drug-likeness (QED) is 0.883. The molecule has 1 aliphatic heterocycles. The summed E-state index contributed by atoms with van der Waals surface area (Å²) in [5.41, 5.74) is 6.01. The van der Waals surface area contributed by atoms with Crippen LogP contribution in [0, 0.1) is 0 Å². The van der Waals surface area contributed by atoms with Gasteiger partial charge in [-0.3, -0.25) is 0 Å². The molecule has 1 aliphatic rings. The molecule has 5 nitrogen and oxygen atoms in total. The fraction of sp³-hybridized carbons (Fsp3) is 0.600. The van der Waals surface area contributed by atoms with Gasteiger partial charge in [0.05, 0.1) is 19.3 Å². The average molecular weight is 281 g/mol. The number of ether oxygens (including phenoxy) is 3. The average Bonchev–Trinajstić information content (AvgIpc) is 2.39. The molecule has 0 saturated carbocycles. The highest BCUT2D eigenvalue weighted by Gasteiger charge is 2.42. The Hall–Kier alpha value is -1.46. The van der Waals surface area contributed by atoms with E-state index >= 15 is 0 Å². The van der Waals surface area contributed by atoms with Crippen LogP contribution < -0.4 is 19.9 Å². The monoisotopic (exact) mass is 281 g/mol. The van der Waals surface area contributed by atoms with Crippen LogP contribution >= 0.6 is 0 Å². The Morgan fingerprint density at radius 2 is 1.90 bits per heavy atom. The number of fused-ring (bicyclic) bond motifs is 1. The molecule has 0 bridgehead atoms. The molecular weight excluding hydrogens is 258 g/mol. The van der Waals surface area contributed by atoms with Gasteiger partial charge in [-0.25, -0.2) is 0 Å². The Kier molecular flexibility index (Phi) is 4.11. The van der Waals surface area contributed by atoms with Crippen molar-refractivity contribution in [1.82, 2.24) is 0 Å². The van der Waals surface area contributed by atoms with Gasteiger partial charge in [0.2, 0.25) is 5.75 Å². The summed E-state index contributed by atoms with van der Waals surface area (Å²) in [6.07, 6.45) is -0.788. The molecule has 1 heterocycles. The van der Waals surface area contributed by atoms with Crippen LogP contribution in [0.25, 0.3) is 0 Å². The summed E-state index contributed by atoms with van der Waals surface area (Å²) in [6, 6.07) is 3.07. The van der Waals surface area contributed by atoms with Crippen molar-refractivity contribution in [2.75, 3.05) is 13.2 Å². The van der Waals surface area contributed by atoms with Gasteiger partial charge in [0, 0.05) is 5.56 Å². The van der Waals surface area contributed by atoms with Crippen molar-refractivity contribution in [2.24, 2.45) is 5.73 Å². The van der Waals surface area contributed by atoms with E-state index in [2.05, 4.69) is 0 Å². The highest BCUT2D eigenvalue weighted by Crippen LogP contribution is 2.48. The first-order chi connectivity index (χ1) is 9.42. The van der Waals surface area contributed by atoms with Gasteiger partial charge in [-0.1, -0.05) is 0 Å². The van der Waals surface area contributed by atoms with Crippen molar-refractivity contribution in [1.29, 1.82) is 0 Å². The molecule has 0 radical (unpaired) electrons. The number of aliphatic hydroxyl groups is 1. The fourth-order valence-electron chi connectivity index (χ4n) is 2.35. The molecule has 20 heavy (non-hydrogen) atoms. The number of nitrogens with two attached hydrogens (primary N) is 1. The van der Waals surface area contributed by atoms with Crippen molar-refractivity contribution in [3.63, 3.8) is 0 Å². The Balaban J connectivity index is 2.55. The molecule has 112 valence electrons. The van der Waals surface area contributed by atoms with Gasteiger partial charge in [-0.05, 0) is 39.8 Å². The van der Waals surface area contributed by atoms with E-state index in [4.69, 9.17) is 19.9 Å². The highest BCUT2D eigenvalue weighted by atomic mass is 16.6. The van der Waals surface area contributed by atoms with Crippen LogP contribution in [0.1, 0.15) is 39.4 Å². The van der Waals surface area contributed by atoms with Crippen molar-refractivity contribution in [3.05, 3.63) is 17.7 Å². The second-order valence-corrected chi connectivity index (χ2v) is 5.35. The van der Waals surface area contributed by atoms with Crippen LogP contribution in [-0.2, 0) is 0 Å². The summed E-state index contributed by atoms with van der Waals surface area (Å²) in [5, 5.41) is 10.4. The summed E-state index contributed by atoms with van der Waals surface area (Å²) in [7, 11) is 0. The normalized spacial score (nSPS) is 23.7. The van der Waals surface area contributed by atoms with E-state index in [-0.39, 0.29) is 0 Å². The van der Waals surface area contributed by atoms with Crippen LogP contribution in [0.15, 0.2) is 12.1 Å². The summed E-state index contributed by atoms with van der Waals surface area (Å²) in [5.74, 6) is 1.68. The molecule has 0 amide bonds. The SMILES string of the molecule is CCOc1ccc2c(c1OCC)OC(C)(C)C(N)C2O. The van der Waals surface area contributed by atoms with Gasteiger partial charge in [-0.15, -0.1) is 0 Å². The molecule has 0 fully saturated rings. The first kappa shape index (κ1) is 14.9. The second-order valence-electron chi connectivity index (χ2n) is 5.35. The third-order valence-corrected chi connectivity index (χ3v) is 3.52. The smallest absolute Gasteiger partial charge is 0.203 e. The number of benzene rings is 1. The Bertz CT molecular complexity index is 487. The molecule has 0 aliphatic carbocycles. The zero-order valence-electron chi connectivity index (χ0n) is 12.5. The number of hydrogen-bond donors (Lipinski definition) is 2. The van der Waals surface area contributed by atoms with E-state index in [9.17, 15) is 5.11 Å². The maximum absolute atomic E-state index is 10.4. The predicted molar refractivity (Wildman–Crippen MR) is 76.4 cm³/mol. The topological polar surface area (TPSA) is 73.9 Å². The zero-order valence-corrected chi connectivity index (χ0v) is 12.5. The molecular formula is C15H23NO4. The fourth-order valence-corrected chi connectivity index (χ4v) is 2.35. The van der Waals surface area contributed by atoms with Crippen LogP contribution in [0.4, 0.5) is 0 Å². The predicted octanol–water partition coefficient (Wildman–Crippen LogP) is 2.02. The number of rotatable bonds is 4. The summed E-state index contributed by atoms with van der Waals surface area (Å²) in [6.45, 7) is 8.53. The van der Waals surface area contributed by atoms with E-state index in [0.29, 0.717) is 36.0 Å². The first-order valence-corrected chi connectivity index (χ1v) is 6.97. The Morgan fingerprint density at radius 1 is 1.25 bits per heavy atom. The van der Waals surface area contributed by atoms with Crippen LogP contribution in [0.2, 0.25) is 0 Å². The largest absolute Gasteiger partial charge is 0.490 e. The lowest BCUT2D eigenvalue weighted by Crippen LogP contribution is -2.54. The minimum absolute atomic E-state index is 0.489. The maximum atomic E-state index is 10.4. The van der Waals surface area contributed by atoms with E-state index in [1.54, 1.807) is 12.1 Å². The highest BCUT2D eigenvalue weighted by molar-refractivity contribution is 5.58. The maximum Gasteiger partial charge on any atom is 0.203 e.